The Morgan fingerprint density at radius 1 is 1.23 bits per heavy atom. The molecule has 9 heteroatoms. The van der Waals surface area contributed by atoms with E-state index in [2.05, 4.69) is 9.97 Å². The highest BCUT2D eigenvalue weighted by atomic mass is 32.2. The Hall–Kier alpha value is -3.59. The molecule has 152 valence electrons. The number of benzene rings is 1. The molecule has 1 aliphatic rings. The third-order valence-electron chi connectivity index (χ3n) is 3.99. The Kier molecular flexibility index (Phi) is 5.80. The van der Waals surface area contributed by atoms with E-state index < -0.39 is 11.4 Å². The van der Waals surface area contributed by atoms with E-state index in [1.165, 1.54) is 23.9 Å². The van der Waals surface area contributed by atoms with Gasteiger partial charge in [0.2, 0.25) is 18.0 Å². The summed E-state index contributed by atoms with van der Waals surface area (Å²) in [7, 11) is 0. The van der Waals surface area contributed by atoms with Gasteiger partial charge in [-0.3, -0.25) is 4.79 Å². The van der Waals surface area contributed by atoms with Gasteiger partial charge in [0, 0.05) is 24.0 Å². The summed E-state index contributed by atoms with van der Waals surface area (Å²) >= 11 is 1.34. The lowest BCUT2D eigenvalue weighted by Gasteiger charge is -2.03. The summed E-state index contributed by atoms with van der Waals surface area (Å²) in [6, 6.07) is 8.35. The second-order valence-electron chi connectivity index (χ2n) is 6.21. The SMILES string of the molecule is Cc1ccnc(SCc2cc(=O)c(OC(=O)C=Cc3ccc4c(c3)OCO4)co2)n1. The maximum Gasteiger partial charge on any atom is 0.336 e. The number of aryl methyl sites for hydroxylation is 1. The topological polar surface area (TPSA) is 101 Å². The zero-order valence-corrected chi connectivity index (χ0v) is 16.7. The number of hydrogen-bond donors (Lipinski definition) is 0. The fourth-order valence-corrected chi connectivity index (χ4v) is 3.31. The second-order valence-corrected chi connectivity index (χ2v) is 7.15. The Labute approximate surface area is 175 Å². The van der Waals surface area contributed by atoms with Crippen molar-refractivity contribution < 1.29 is 23.4 Å². The van der Waals surface area contributed by atoms with Crippen LogP contribution in [0, 0.1) is 6.92 Å². The first kappa shape index (κ1) is 19.7. The smallest absolute Gasteiger partial charge is 0.336 e. The van der Waals surface area contributed by atoms with Gasteiger partial charge in [-0.2, -0.15) is 0 Å². The lowest BCUT2D eigenvalue weighted by atomic mass is 10.2. The van der Waals surface area contributed by atoms with Crippen LogP contribution in [0.5, 0.6) is 17.2 Å². The van der Waals surface area contributed by atoms with Gasteiger partial charge in [-0.15, -0.1) is 0 Å². The van der Waals surface area contributed by atoms with Gasteiger partial charge >= 0.3 is 5.97 Å². The minimum atomic E-state index is -0.699. The largest absolute Gasteiger partial charge is 0.464 e. The van der Waals surface area contributed by atoms with E-state index in [0.717, 1.165) is 17.5 Å². The Balaban J connectivity index is 1.36. The van der Waals surface area contributed by atoms with Crippen LogP contribution >= 0.6 is 11.8 Å². The molecule has 3 heterocycles. The maximum atomic E-state index is 12.2. The molecule has 0 saturated carbocycles. The zero-order chi connectivity index (χ0) is 20.9. The first-order valence-electron chi connectivity index (χ1n) is 8.90. The fourth-order valence-electron chi connectivity index (χ4n) is 2.54. The summed E-state index contributed by atoms with van der Waals surface area (Å²) in [4.78, 5) is 32.7. The van der Waals surface area contributed by atoms with E-state index in [1.54, 1.807) is 36.5 Å². The number of nitrogens with zero attached hydrogens (tertiary/aromatic N) is 2. The normalized spacial score (nSPS) is 12.3. The summed E-state index contributed by atoms with van der Waals surface area (Å²) in [6.45, 7) is 2.04. The van der Waals surface area contributed by atoms with Crippen LogP contribution in [0.3, 0.4) is 0 Å². The average molecular weight is 424 g/mol. The Morgan fingerprint density at radius 3 is 2.93 bits per heavy atom. The lowest BCUT2D eigenvalue weighted by molar-refractivity contribution is -0.129. The number of fused-ring (bicyclic) bond motifs is 1. The third kappa shape index (κ3) is 4.87. The molecule has 0 spiro atoms. The molecule has 30 heavy (non-hydrogen) atoms. The highest BCUT2D eigenvalue weighted by Gasteiger charge is 2.13. The number of ether oxygens (including phenoxy) is 3. The van der Waals surface area contributed by atoms with Gasteiger partial charge in [-0.05, 0) is 36.8 Å². The molecular weight excluding hydrogens is 408 g/mol. The minimum absolute atomic E-state index is 0.173. The molecule has 0 unspecified atom stereocenters. The molecule has 4 rings (SSSR count). The van der Waals surface area contributed by atoms with Crippen molar-refractivity contribution in [2.24, 2.45) is 0 Å². The Bertz CT molecular complexity index is 1170. The maximum absolute atomic E-state index is 12.2. The molecule has 1 aromatic carbocycles. The molecule has 0 fully saturated rings. The minimum Gasteiger partial charge on any atom is -0.464 e. The van der Waals surface area contributed by atoms with Crippen LogP contribution in [0.2, 0.25) is 0 Å². The van der Waals surface area contributed by atoms with Crippen LogP contribution in [0.4, 0.5) is 0 Å². The van der Waals surface area contributed by atoms with E-state index >= 15 is 0 Å². The van der Waals surface area contributed by atoms with Crippen molar-refractivity contribution in [1.82, 2.24) is 9.97 Å². The number of esters is 1. The third-order valence-corrected chi connectivity index (χ3v) is 4.87. The van der Waals surface area contributed by atoms with E-state index in [-0.39, 0.29) is 12.5 Å². The lowest BCUT2D eigenvalue weighted by Crippen LogP contribution is -2.12. The van der Waals surface area contributed by atoms with Crippen LogP contribution in [0.15, 0.2) is 63.2 Å². The van der Waals surface area contributed by atoms with Crippen LogP contribution in [0.25, 0.3) is 6.08 Å². The Morgan fingerprint density at radius 2 is 2.10 bits per heavy atom. The van der Waals surface area contributed by atoms with Crippen LogP contribution in [0.1, 0.15) is 17.0 Å². The summed E-state index contributed by atoms with van der Waals surface area (Å²) in [5.74, 6) is 1.17. The molecule has 0 N–H and O–H groups in total. The van der Waals surface area contributed by atoms with E-state index in [0.29, 0.717) is 28.2 Å². The van der Waals surface area contributed by atoms with E-state index in [1.807, 2.05) is 6.92 Å². The van der Waals surface area contributed by atoms with Crippen molar-refractivity contribution >= 4 is 23.8 Å². The standard InChI is InChI=1S/C21H16N2O6S/c1-13-6-7-22-21(23-13)30-11-15-9-16(24)19(10-26-15)29-20(25)5-3-14-2-4-17-18(8-14)28-12-27-17/h2-10H,11-12H2,1H3. The number of rotatable bonds is 6. The predicted molar refractivity (Wildman–Crippen MR) is 109 cm³/mol. The van der Waals surface area contributed by atoms with Crippen LogP contribution in [-0.4, -0.2) is 22.7 Å². The van der Waals surface area contributed by atoms with Gasteiger partial charge in [0.1, 0.15) is 12.0 Å². The number of thioether (sulfide) groups is 1. The van der Waals surface area contributed by atoms with Gasteiger partial charge in [0.25, 0.3) is 0 Å². The molecule has 0 bridgehead atoms. The van der Waals surface area contributed by atoms with E-state index in [9.17, 15) is 9.59 Å². The molecule has 1 aliphatic heterocycles. The highest BCUT2D eigenvalue weighted by molar-refractivity contribution is 7.98. The van der Waals surface area contributed by atoms with Crippen molar-refractivity contribution in [3.8, 4) is 17.2 Å². The van der Waals surface area contributed by atoms with Gasteiger partial charge in [-0.25, -0.2) is 14.8 Å². The van der Waals surface area contributed by atoms with E-state index in [4.69, 9.17) is 18.6 Å². The summed E-state index contributed by atoms with van der Waals surface area (Å²) in [6.07, 6.45) is 5.57. The number of aromatic nitrogens is 2. The van der Waals surface area contributed by atoms with Crippen LogP contribution in [-0.2, 0) is 10.5 Å². The van der Waals surface area contributed by atoms with Crippen molar-refractivity contribution in [3.63, 3.8) is 0 Å². The molecule has 2 aromatic heterocycles. The number of carbonyl (C=O) groups is 1. The average Bonchev–Trinajstić information content (AvgIpc) is 3.20. The number of hydrogen-bond acceptors (Lipinski definition) is 9. The zero-order valence-electron chi connectivity index (χ0n) is 15.9. The van der Waals surface area contributed by atoms with Gasteiger partial charge < -0.3 is 18.6 Å². The number of carbonyl (C=O) groups excluding carboxylic acids is 1. The summed E-state index contributed by atoms with van der Waals surface area (Å²) in [5.41, 5.74) is 1.13. The summed E-state index contributed by atoms with van der Waals surface area (Å²) in [5, 5.41) is 0.585. The fraction of sp³-hybridized carbons (Fsp3) is 0.143. The first-order chi connectivity index (χ1) is 14.6. The van der Waals surface area contributed by atoms with Crippen molar-refractivity contribution in [3.05, 3.63) is 76.1 Å². The van der Waals surface area contributed by atoms with Gasteiger partial charge in [-0.1, -0.05) is 17.8 Å². The summed E-state index contributed by atoms with van der Waals surface area (Å²) < 4.78 is 21.0. The quantitative estimate of drug-likeness (QED) is 0.255. The van der Waals surface area contributed by atoms with Crippen LogP contribution < -0.4 is 19.6 Å². The van der Waals surface area contributed by atoms with Crippen molar-refractivity contribution in [2.75, 3.05) is 6.79 Å². The highest BCUT2D eigenvalue weighted by Crippen LogP contribution is 2.32. The molecule has 0 amide bonds. The molecule has 0 aliphatic carbocycles. The molecule has 0 saturated heterocycles. The van der Waals surface area contributed by atoms with Crippen molar-refractivity contribution in [2.45, 2.75) is 17.8 Å². The monoisotopic (exact) mass is 424 g/mol. The first-order valence-corrected chi connectivity index (χ1v) is 9.89. The predicted octanol–water partition coefficient (Wildman–Crippen LogP) is 3.38. The second kappa shape index (κ2) is 8.83. The molecule has 3 aromatic rings. The molecule has 0 atom stereocenters. The molecule has 8 nitrogen and oxygen atoms in total. The van der Waals surface area contributed by atoms with Crippen molar-refractivity contribution in [1.29, 1.82) is 0 Å². The molecule has 0 radical (unpaired) electrons. The van der Waals surface area contributed by atoms with Gasteiger partial charge in [0.15, 0.2) is 16.7 Å². The molecular formula is C21H16N2O6S. The van der Waals surface area contributed by atoms with Gasteiger partial charge in [0.05, 0.1) is 5.75 Å².